The van der Waals surface area contributed by atoms with Crippen LogP contribution in [-0.2, 0) is 17.1 Å². The summed E-state index contributed by atoms with van der Waals surface area (Å²) in [6, 6.07) is 0. The van der Waals surface area contributed by atoms with Gasteiger partial charge < -0.3 is 5.32 Å². The Morgan fingerprint density at radius 2 is 2.18 bits per heavy atom. The maximum atomic E-state index is 12.2. The first-order valence-electron chi connectivity index (χ1n) is 5.07. The zero-order valence-electron chi connectivity index (χ0n) is 10.0. The topological polar surface area (TPSA) is 80.1 Å². The molecule has 0 saturated carbocycles. The van der Waals surface area contributed by atoms with E-state index in [4.69, 9.17) is 0 Å². The lowest BCUT2D eigenvalue weighted by Crippen LogP contribution is -2.31. The minimum absolute atomic E-state index is 0.0736. The minimum atomic E-state index is -3.54. The number of halogens is 1. The van der Waals surface area contributed by atoms with Crippen LogP contribution in [0.25, 0.3) is 0 Å². The summed E-state index contributed by atoms with van der Waals surface area (Å²) in [5, 5.41) is 10.4. The van der Waals surface area contributed by atoms with Gasteiger partial charge in [0.2, 0.25) is 5.03 Å². The van der Waals surface area contributed by atoms with Crippen molar-refractivity contribution in [2.75, 3.05) is 27.2 Å². The highest BCUT2D eigenvalue weighted by atomic mass is 79.9. The second-order valence-electron chi connectivity index (χ2n) is 3.59. The molecule has 0 amide bonds. The van der Waals surface area contributed by atoms with Crippen LogP contribution in [0.4, 0.5) is 0 Å². The maximum Gasteiger partial charge on any atom is 0.262 e. The van der Waals surface area contributed by atoms with Crippen molar-refractivity contribution in [3.8, 4) is 0 Å². The average Bonchev–Trinajstić information content (AvgIpc) is 2.59. The summed E-state index contributed by atoms with van der Waals surface area (Å²) >= 11 is 3.09. The van der Waals surface area contributed by atoms with Crippen LogP contribution in [0.15, 0.2) is 9.63 Å². The van der Waals surface area contributed by atoms with Crippen LogP contribution in [0.5, 0.6) is 0 Å². The molecule has 7 nitrogen and oxygen atoms in total. The maximum absolute atomic E-state index is 12.2. The molecule has 1 rings (SSSR count). The predicted octanol–water partition coefficient (Wildman–Crippen LogP) is -0.192. The molecule has 1 aromatic heterocycles. The van der Waals surface area contributed by atoms with E-state index in [1.54, 1.807) is 14.1 Å². The molecule has 0 aliphatic rings. The Balaban J connectivity index is 2.88. The largest absolute Gasteiger partial charge is 0.320 e. The molecular weight excluding hydrogens is 310 g/mol. The number of aromatic nitrogens is 3. The van der Waals surface area contributed by atoms with E-state index in [0.717, 1.165) is 13.0 Å². The van der Waals surface area contributed by atoms with Crippen molar-refractivity contribution in [1.82, 2.24) is 24.6 Å². The molecule has 0 atom stereocenters. The molecular formula is C8H16BrN5O2S. The highest BCUT2D eigenvalue weighted by Gasteiger charge is 2.27. The molecule has 0 saturated heterocycles. The molecule has 0 bridgehead atoms. The molecule has 1 N–H and O–H groups in total. The van der Waals surface area contributed by atoms with Crippen molar-refractivity contribution >= 4 is 26.0 Å². The van der Waals surface area contributed by atoms with Crippen LogP contribution in [0, 0.1) is 0 Å². The molecule has 0 unspecified atom stereocenters. The summed E-state index contributed by atoms with van der Waals surface area (Å²) in [6.45, 7) is 1.21. The van der Waals surface area contributed by atoms with E-state index in [9.17, 15) is 8.42 Å². The van der Waals surface area contributed by atoms with Crippen LogP contribution in [-0.4, -0.2) is 54.9 Å². The number of nitrogens with zero attached hydrogens (tertiary/aromatic N) is 4. The van der Waals surface area contributed by atoms with Gasteiger partial charge in [-0.3, -0.25) is 0 Å². The normalized spacial score (nSPS) is 12.3. The second-order valence-corrected chi connectivity index (χ2v) is 6.30. The molecule has 1 heterocycles. The van der Waals surface area contributed by atoms with Crippen LogP contribution in [0.3, 0.4) is 0 Å². The third-order valence-electron chi connectivity index (χ3n) is 2.29. The first-order chi connectivity index (χ1) is 7.91. The molecule has 0 aromatic carbocycles. The van der Waals surface area contributed by atoms with E-state index < -0.39 is 10.0 Å². The average molecular weight is 326 g/mol. The summed E-state index contributed by atoms with van der Waals surface area (Å²) in [7, 11) is 1.38. The number of hydrogen-bond donors (Lipinski definition) is 1. The Morgan fingerprint density at radius 1 is 1.53 bits per heavy atom. The monoisotopic (exact) mass is 325 g/mol. The van der Waals surface area contributed by atoms with Crippen molar-refractivity contribution in [3.05, 3.63) is 4.60 Å². The van der Waals surface area contributed by atoms with Crippen LogP contribution in [0.1, 0.15) is 6.42 Å². The van der Waals surface area contributed by atoms with E-state index in [2.05, 4.69) is 31.6 Å². The molecule has 0 fully saturated rings. The SMILES string of the molecule is CNCCCN(C)S(=O)(=O)c1c(Br)nnn1C. The van der Waals surface area contributed by atoms with E-state index >= 15 is 0 Å². The molecule has 0 aliphatic carbocycles. The van der Waals surface area contributed by atoms with Gasteiger partial charge in [-0.05, 0) is 35.9 Å². The van der Waals surface area contributed by atoms with Crippen molar-refractivity contribution < 1.29 is 8.42 Å². The standard InChI is InChI=1S/C8H16BrN5O2S/c1-10-5-4-6-13(2)17(15,16)8-7(9)11-12-14(8)3/h10H,4-6H2,1-3H3. The lowest BCUT2D eigenvalue weighted by Gasteiger charge is -2.16. The Hall–Kier alpha value is -0.510. The number of hydrogen-bond acceptors (Lipinski definition) is 5. The third-order valence-corrected chi connectivity index (χ3v) is 5.04. The summed E-state index contributed by atoms with van der Waals surface area (Å²) < 4.78 is 27.2. The lowest BCUT2D eigenvalue weighted by atomic mass is 10.4. The summed E-state index contributed by atoms with van der Waals surface area (Å²) in [5.74, 6) is 0. The molecule has 9 heteroatoms. The summed E-state index contributed by atoms with van der Waals surface area (Å²) in [4.78, 5) is 0. The highest BCUT2D eigenvalue weighted by Crippen LogP contribution is 2.21. The fraction of sp³-hybridized carbons (Fsp3) is 0.750. The minimum Gasteiger partial charge on any atom is -0.320 e. The van der Waals surface area contributed by atoms with Crippen molar-refractivity contribution in [2.45, 2.75) is 11.4 Å². The van der Waals surface area contributed by atoms with Gasteiger partial charge in [0, 0.05) is 20.6 Å². The summed E-state index contributed by atoms with van der Waals surface area (Å²) in [5.41, 5.74) is 0. The molecule has 0 radical (unpaired) electrons. The fourth-order valence-corrected chi connectivity index (χ4v) is 3.57. The number of aryl methyl sites for hydroxylation is 1. The number of nitrogens with one attached hydrogen (secondary N) is 1. The van der Waals surface area contributed by atoms with Gasteiger partial charge in [0.25, 0.3) is 10.0 Å². The predicted molar refractivity (Wildman–Crippen MR) is 67.1 cm³/mol. The van der Waals surface area contributed by atoms with Gasteiger partial charge >= 0.3 is 0 Å². The number of sulfonamides is 1. The Labute approximate surface area is 109 Å². The van der Waals surface area contributed by atoms with E-state index in [1.165, 1.54) is 8.99 Å². The quantitative estimate of drug-likeness (QED) is 0.733. The third kappa shape index (κ3) is 3.24. The van der Waals surface area contributed by atoms with E-state index in [0.29, 0.717) is 6.54 Å². The number of rotatable bonds is 6. The lowest BCUT2D eigenvalue weighted by molar-refractivity contribution is 0.449. The van der Waals surface area contributed by atoms with Crippen molar-refractivity contribution in [3.63, 3.8) is 0 Å². The van der Waals surface area contributed by atoms with Gasteiger partial charge in [-0.2, -0.15) is 4.31 Å². The molecule has 98 valence electrons. The zero-order chi connectivity index (χ0) is 13.1. The summed E-state index contributed by atoms with van der Waals surface area (Å²) in [6.07, 6.45) is 0.745. The smallest absolute Gasteiger partial charge is 0.262 e. The van der Waals surface area contributed by atoms with Gasteiger partial charge in [-0.1, -0.05) is 5.21 Å². The van der Waals surface area contributed by atoms with Crippen molar-refractivity contribution in [1.29, 1.82) is 0 Å². The first-order valence-corrected chi connectivity index (χ1v) is 7.30. The van der Waals surface area contributed by atoms with Crippen LogP contribution >= 0.6 is 15.9 Å². The molecule has 0 aliphatic heterocycles. The second kappa shape index (κ2) is 5.89. The molecule has 0 spiro atoms. The van der Waals surface area contributed by atoms with Gasteiger partial charge in [0.1, 0.15) is 0 Å². The van der Waals surface area contributed by atoms with Crippen LogP contribution in [0.2, 0.25) is 0 Å². The Morgan fingerprint density at radius 3 is 2.65 bits per heavy atom. The van der Waals surface area contributed by atoms with Gasteiger partial charge in [0.15, 0.2) is 4.60 Å². The van der Waals surface area contributed by atoms with Gasteiger partial charge in [0.05, 0.1) is 0 Å². The van der Waals surface area contributed by atoms with E-state index in [1.807, 2.05) is 7.05 Å². The Kier molecular flexibility index (Phi) is 5.04. The van der Waals surface area contributed by atoms with E-state index in [-0.39, 0.29) is 9.63 Å². The van der Waals surface area contributed by atoms with Crippen LogP contribution < -0.4 is 5.32 Å². The first kappa shape index (κ1) is 14.6. The Bertz CT molecular complexity index is 453. The van der Waals surface area contributed by atoms with Gasteiger partial charge in [-0.15, -0.1) is 5.10 Å². The zero-order valence-corrected chi connectivity index (χ0v) is 12.4. The highest BCUT2D eigenvalue weighted by molar-refractivity contribution is 9.10. The van der Waals surface area contributed by atoms with Crippen molar-refractivity contribution in [2.24, 2.45) is 7.05 Å². The molecule has 1 aromatic rings. The molecule has 17 heavy (non-hydrogen) atoms. The van der Waals surface area contributed by atoms with Gasteiger partial charge in [-0.25, -0.2) is 13.1 Å². The fourth-order valence-electron chi connectivity index (χ4n) is 1.34.